The molecule has 0 bridgehead atoms. The molecule has 0 spiro atoms. The summed E-state index contributed by atoms with van der Waals surface area (Å²) in [6, 6.07) is 0. The molecule has 17 heavy (non-hydrogen) atoms. The van der Waals surface area contributed by atoms with Crippen LogP contribution in [0, 0.1) is 0 Å². The Labute approximate surface area is 104 Å². The van der Waals surface area contributed by atoms with Crippen molar-refractivity contribution in [2.45, 2.75) is 65.4 Å². The molecule has 0 aliphatic heterocycles. The van der Waals surface area contributed by atoms with Gasteiger partial charge in [0.15, 0.2) is 6.10 Å². The second-order valence-electron chi connectivity index (χ2n) is 3.98. The minimum absolute atomic E-state index is 0.301. The van der Waals surface area contributed by atoms with Gasteiger partial charge in [-0.2, -0.15) is 0 Å². The van der Waals surface area contributed by atoms with E-state index < -0.39 is 12.1 Å². The highest BCUT2D eigenvalue weighted by Gasteiger charge is 2.22. The molecule has 0 radical (unpaired) electrons. The number of carbonyl (C=O) groups is 2. The molecule has 0 rings (SSSR count). The van der Waals surface area contributed by atoms with Crippen molar-refractivity contribution in [3.63, 3.8) is 0 Å². The molecule has 0 aromatic heterocycles. The summed E-state index contributed by atoms with van der Waals surface area (Å²) >= 11 is 0. The Morgan fingerprint density at radius 2 is 1.76 bits per heavy atom. The Balaban J connectivity index is 4.05. The van der Waals surface area contributed by atoms with Crippen molar-refractivity contribution in [1.29, 1.82) is 0 Å². The zero-order valence-electron chi connectivity index (χ0n) is 11.2. The van der Waals surface area contributed by atoms with E-state index in [1.807, 2.05) is 6.92 Å². The summed E-state index contributed by atoms with van der Waals surface area (Å²) in [7, 11) is 0. The topological polar surface area (TPSA) is 52.6 Å². The molecule has 4 nitrogen and oxygen atoms in total. The first-order valence-corrected chi connectivity index (χ1v) is 6.51. The van der Waals surface area contributed by atoms with E-state index >= 15 is 0 Å². The van der Waals surface area contributed by atoms with Crippen molar-refractivity contribution in [1.82, 2.24) is 0 Å². The number of hydrogen-bond donors (Lipinski definition) is 0. The minimum atomic E-state index is -0.728. The van der Waals surface area contributed by atoms with Crippen LogP contribution in [0.3, 0.4) is 0 Å². The van der Waals surface area contributed by atoms with Crippen molar-refractivity contribution < 1.29 is 19.1 Å². The van der Waals surface area contributed by atoms with Crippen LogP contribution in [0.5, 0.6) is 0 Å². The molecule has 0 aliphatic rings. The van der Waals surface area contributed by atoms with Gasteiger partial charge in [0.1, 0.15) is 0 Å². The van der Waals surface area contributed by atoms with Crippen LogP contribution in [-0.2, 0) is 19.1 Å². The SMILES string of the molecule is CCCCCC(=O)OC(CCC)C(=O)OCC. The van der Waals surface area contributed by atoms with E-state index in [1.54, 1.807) is 6.92 Å². The quantitative estimate of drug-likeness (QED) is 0.462. The fourth-order valence-electron chi connectivity index (χ4n) is 1.46. The smallest absolute Gasteiger partial charge is 0.347 e. The Bertz CT molecular complexity index is 225. The molecule has 100 valence electrons. The van der Waals surface area contributed by atoms with Crippen LogP contribution in [0.1, 0.15) is 59.3 Å². The van der Waals surface area contributed by atoms with Gasteiger partial charge in [0.25, 0.3) is 0 Å². The molecule has 4 heteroatoms. The number of hydrogen-bond acceptors (Lipinski definition) is 4. The average Bonchev–Trinajstić information content (AvgIpc) is 2.29. The fourth-order valence-corrected chi connectivity index (χ4v) is 1.46. The zero-order chi connectivity index (χ0) is 13.1. The zero-order valence-corrected chi connectivity index (χ0v) is 11.2. The third-order valence-corrected chi connectivity index (χ3v) is 2.36. The first-order valence-electron chi connectivity index (χ1n) is 6.51. The molecule has 0 amide bonds. The summed E-state index contributed by atoms with van der Waals surface area (Å²) in [5.41, 5.74) is 0. The average molecular weight is 244 g/mol. The van der Waals surface area contributed by atoms with Crippen LogP contribution in [0.25, 0.3) is 0 Å². The first-order chi connectivity index (χ1) is 8.15. The Kier molecular flexibility index (Phi) is 9.49. The van der Waals surface area contributed by atoms with Gasteiger partial charge in [0.2, 0.25) is 0 Å². The number of carbonyl (C=O) groups excluding carboxylic acids is 2. The minimum Gasteiger partial charge on any atom is -0.463 e. The molecule has 1 atom stereocenters. The molecular formula is C13H24O4. The van der Waals surface area contributed by atoms with E-state index in [2.05, 4.69) is 6.92 Å². The summed E-state index contributed by atoms with van der Waals surface area (Å²) in [5.74, 6) is -0.733. The fraction of sp³-hybridized carbons (Fsp3) is 0.846. The van der Waals surface area contributed by atoms with E-state index in [0.717, 1.165) is 25.7 Å². The van der Waals surface area contributed by atoms with Crippen LogP contribution < -0.4 is 0 Å². The molecule has 0 aromatic carbocycles. The maximum Gasteiger partial charge on any atom is 0.347 e. The molecule has 1 unspecified atom stereocenters. The lowest BCUT2D eigenvalue weighted by atomic mass is 10.2. The summed E-state index contributed by atoms with van der Waals surface area (Å²) < 4.78 is 10.0. The summed E-state index contributed by atoms with van der Waals surface area (Å²) in [6.45, 7) is 6.07. The standard InChI is InChI=1S/C13H24O4/c1-4-7-8-10-12(14)17-11(9-5-2)13(15)16-6-3/h11H,4-10H2,1-3H3. The normalized spacial score (nSPS) is 11.9. The highest BCUT2D eigenvalue weighted by Crippen LogP contribution is 2.08. The maximum absolute atomic E-state index is 11.5. The van der Waals surface area contributed by atoms with Crippen LogP contribution >= 0.6 is 0 Å². The van der Waals surface area contributed by atoms with Gasteiger partial charge < -0.3 is 9.47 Å². The van der Waals surface area contributed by atoms with Crippen LogP contribution in [0.4, 0.5) is 0 Å². The molecular weight excluding hydrogens is 220 g/mol. The second-order valence-corrected chi connectivity index (χ2v) is 3.98. The summed E-state index contributed by atoms with van der Waals surface area (Å²) in [5, 5.41) is 0. The Hall–Kier alpha value is -1.06. The second kappa shape index (κ2) is 10.1. The molecule has 0 saturated heterocycles. The van der Waals surface area contributed by atoms with Gasteiger partial charge >= 0.3 is 11.9 Å². The van der Waals surface area contributed by atoms with Crippen molar-refractivity contribution in [2.24, 2.45) is 0 Å². The van der Waals surface area contributed by atoms with Crippen LogP contribution in [-0.4, -0.2) is 24.6 Å². The van der Waals surface area contributed by atoms with Crippen molar-refractivity contribution in [2.75, 3.05) is 6.61 Å². The largest absolute Gasteiger partial charge is 0.463 e. The molecule has 0 aromatic rings. The van der Waals surface area contributed by atoms with E-state index in [4.69, 9.17) is 9.47 Å². The van der Waals surface area contributed by atoms with E-state index in [1.165, 1.54) is 0 Å². The van der Waals surface area contributed by atoms with Gasteiger partial charge in [-0.1, -0.05) is 33.1 Å². The lowest BCUT2D eigenvalue weighted by Crippen LogP contribution is -2.29. The van der Waals surface area contributed by atoms with Crippen molar-refractivity contribution >= 4 is 11.9 Å². The predicted molar refractivity (Wildman–Crippen MR) is 65.6 cm³/mol. The first kappa shape index (κ1) is 15.9. The number of unbranched alkanes of at least 4 members (excludes halogenated alkanes) is 2. The van der Waals surface area contributed by atoms with Gasteiger partial charge in [-0.05, 0) is 19.8 Å². The summed E-state index contributed by atoms with van der Waals surface area (Å²) in [6.07, 6.45) is 3.85. The number of rotatable bonds is 9. The Morgan fingerprint density at radius 1 is 1.06 bits per heavy atom. The van der Waals surface area contributed by atoms with Crippen molar-refractivity contribution in [3.05, 3.63) is 0 Å². The van der Waals surface area contributed by atoms with Gasteiger partial charge in [-0.3, -0.25) is 4.79 Å². The number of ether oxygens (including phenoxy) is 2. The van der Waals surface area contributed by atoms with Gasteiger partial charge in [0.05, 0.1) is 6.61 Å². The Morgan fingerprint density at radius 3 is 2.29 bits per heavy atom. The lowest BCUT2D eigenvalue weighted by Gasteiger charge is -2.15. The third-order valence-electron chi connectivity index (χ3n) is 2.36. The summed E-state index contributed by atoms with van der Waals surface area (Å²) in [4.78, 5) is 23.0. The van der Waals surface area contributed by atoms with E-state index in [9.17, 15) is 9.59 Å². The van der Waals surface area contributed by atoms with Crippen molar-refractivity contribution in [3.8, 4) is 0 Å². The molecule has 0 N–H and O–H groups in total. The number of esters is 2. The van der Waals surface area contributed by atoms with E-state index in [-0.39, 0.29) is 5.97 Å². The van der Waals surface area contributed by atoms with E-state index in [0.29, 0.717) is 19.4 Å². The van der Waals surface area contributed by atoms with Gasteiger partial charge in [-0.25, -0.2) is 4.79 Å². The monoisotopic (exact) mass is 244 g/mol. The molecule has 0 saturated carbocycles. The van der Waals surface area contributed by atoms with Crippen LogP contribution in [0.15, 0.2) is 0 Å². The maximum atomic E-state index is 11.5. The van der Waals surface area contributed by atoms with Crippen LogP contribution in [0.2, 0.25) is 0 Å². The lowest BCUT2D eigenvalue weighted by molar-refractivity contribution is -0.168. The highest BCUT2D eigenvalue weighted by atomic mass is 16.6. The van der Waals surface area contributed by atoms with Gasteiger partial charge in [-0.15, -0.1) is 0 Å². The highest BCUT2D eigenvalue weighted by molar-refractivity contribution is 5.79. The molecule has 0 aliphatic carbocycles. The molecule has 0 fully saturated rings. The predicted octanol–water partition coefficient (Wildman–Crippen LogP) is 2.84. The third kappa shape index (κ3) is 7.77. The molecule has 0 heterocycles. The van der Waals surface area contributed by atoms with Gasteiger partial charge in [0, 0.05) is 6.42 Å².